The lowest BCUT2D eigenvalue weighted by Gasteiger charge is -2.19. The van der Waals surface area contributed by atoms with E-state index in [2.05, 4.69) is 33.9 Å². The Labute approximate surface area is 104 Å². The fourth-order valence-corrected chi connectivity index (χ4v) is 3.00. The molecule has 1 saturated carbocycles. The lowest BCUT2D eigenvalue weighted by Crippen LogP contribution is -2.24. The number of aromatic nitrogens is 3. The van der Waals surface area contributed by atoms with Gasteiger partial charge in [-0.25, -0.2) is 9.67 Å². The highest BCUT2D eigenvalue weighted by atomic mass is 15.3. The van der Waals surface area contributed by atoms with Crippen molar-refractivity contribution in [1.82, 2.24) is 20.1 Å². The van der Waals surface area contributed by atoms with Crippen LogP contribution < -0.4 is 5.32 Å². The van der Waals surface area contributed by atoms with E-state index in [0.29, 0.717) is 6.04 Å². The van der Waals surface area contributed by atoms with Gasteiger partial charge >= 0.3 is 0 Å². The molecule has 1 fully saturated rings. The average Bonchev–Trinajstić information content (AvgIpc) is 2.89. The molecule has 1 aliphatic carbocycles. The van der Waals surface area contributed by atoms with Gasteiger partial charge in [-0.1, -0.05) is 6.42 Å². The Morgan fingerprint density at radius 3 is 2.88 bits per heavy atom. The van der Waals surface area contributed by atoms with Crippen molar-refractivity contribution in [2.45, 2.75) is 45.6 Å². The van der Waals surface area contributed by atoms with E-state index in [9.17, 15) is 0 Å². The lowest BCUT2D eigenvalue weighted by atomic mass is 9.92. The van der Waals surface area contributed by atoms with E-state index in [0.717, 1.165) is 30.6 Å². The van der Waals surface area contributed by atoms with Crippen LogP contribution >= 0.6 is 0 Å². The van der Waals surface area contributed by atoms with Crippen LogP contribution in [0.1, 0.15) is 45.0 Å². The van der Waals surface area contributed by atoms with Crippen LogP contribution in [0, 0.1) is 11.8 Å². The summed E-state index contributed by atoms with van der Waals surface area (Å²) < 4.78 is 2.06. The zero-order chi connectivity index (χ0) is 12.3. The van der Waals surface area contributed by atoms with Gasteiger partial charge < -0.3 is 5.32 Å². The minimum Gasteiger partial charge on any atom is -0.319 e. The Bertz CT molecular complexity index is 345. The van der Waals surface area contributed by atoms with Gasteiger partial charge in [-0.05, 0) is 52.1 Å². The standard InChI is InChI=1S/C13H24N4/c1-10(2)17-13(15-9-16-17)7-11-5-4-6-12(11)8-14-3/h9-12,14H,4-8H2,1-3H3. The van der Waals surface area contributed by atoms with Crippen LogP contribution in [0.5, 0.6) is 0 Å². The molecule has 0 saturated heterocycles. The molecule has 1 aliphatic rings. The first-order valence-corrected chi connectivity index (χ1v) is 6.75. The Kier molecular flexibility index (Phi) is 4.15. The Balaban J connectivity index is 2.02. The van der Waals surface area contributed by atoms with Gasteiger partial charge in [0.05, 0.1) is 0 Å². The smallest absolute Gasteiger partial charge is 0.138 e. The average molecular weight is 236 g/mol. The normalized spacial score (nSPS) is 24.7. The molecule has 0 amide bonds. The van der Waals surface area contributed by atoms with E-state index in [1.54, 1.807) is 6.33 Å². The van der Waals surface area contributed by atoms with E-state index in [-0.39, 0.29) is 0 Å². The summed E-state index contributed by atoms with van der Waals surface area (Å²) in [5.74, 6) is 2.76. The van der Waals surface area contributed by atoms with Gasteiger partial charge in [-0.15, -0.1) is 0 Å². The fraction of sp³-hybridized carbons (Fsp3) is 0.846. The van der Waals surface area contributed by atoms with Crippen LogP contribution in [-0.2, 0) is 6.42 Å². The monoisotopic (exact) mass is 236 g/mol. The third-order valence-corrected chi connectivity index (χ3v) is 3.86. The minimum absolute atomic E-state index is 0.414. The van der Waals surface area contributed by atoms with Crippen LogP contribution in [0.3, 0.4) is 0 Å². The van der Waals surface area contributed by atoms with Gasteiger partial charge in [-0.3, -0.25) is 0 Å². The number of rotatable bonds is 5. The minimum atomic E-state index is 0.414. The number of hydrogen-bond acceptors (Lipinski definition) is 3. The van der Waals surface area contributed by atoms with Crippen molar-refractivity contribution in [2.24, 2.45) is 11.8 Å². The van der Waals surface area contributed by atoms with Crippen molar-refractivity contribution in [3.63, 3.8) is 0 Å². The molecule has 0 spiro atoms. The van der Waals surface area contributed by atoms with Crippen LogP contribution in [-0.4, -0.2) is 28.4 Å². The second-order valence-electron chi connectivity index (χ2n) is 5.43. The maximum absolute atomic E-state index is 4.43. The lowest BCUT2D eigenvalue weighted by molar-refractivity contribution is 0.357. The quantitative estimate of drug-likeness (QED) is 0.850. The van der Waals surface area contributed by atoms with Gasteiger partial charge in [0, 0.05) is 12.5 Å². The topological polar surface area (TPSA) is 42.7 Å². The Hall–Kier alpha value is -0.900. The Morgan fingerprint density at radius 2 is 2.18 bits per heavy atom. The zero-order valence-corrected chi connectivity index (χ0v) is 11.2. The summed E-state index contributed by atoms with van der Waals surface area (Å²) in [6.07, 6.45) is 6.85. The van der Waals surface area contributed by atoms with E-state index < -0.39 is 0 Å². The zero-order valence-electron chi connectivity index (χ0n) is 11.2. The molecule has 0 aliphatic heterocycles. The molecule has 1 N–H and O–H groups in total. The molecule has 4 heteroatoms. The maximum Gasteiger partial charge on any atom is 0.138 e. The van der Waals surface area contributed by atoms with Gasteiger partial charge in [-0.2, -0.15) is 5.10 Å². The van der Waals surface area contributed by atoms with E-state index >= 15 is 0 Å². The summed E-state index contributed by atoms with van der Waals surface area (Å²) in [6.45, 7) is 5.47. The molecule has 17 heavy (non-hydrogen) atoms. The molecule has 4 nitrogen and oxygen atoms in total. The van der Waals surface area contributed by atoms with Gasteiger partial charge in [0.25, 0.3) is 0 Å². The van der Waals surface area contributed by atoms with Crippen LogP contribution in [0.2, 0.25) is 0 Å². The summed E-state index contributed by atoms with van der Waals surface area (Å²) in [4.78, 5) is 4.43. The summed E-state index contributed by atoms with van der Waals surface area (Å²) in [6, 6.07) is 0.414. The molecule has 1 aromatic rings. The molecule has 2 atom stereocenters. The first kappa shape index (κ1) is 12.6. The molecule has 96 valence electrons. The molecular weight excluding hydrogens is 212 g/mol. The summed E-state index contributed by atoms with van der Waals surface area (Å²) in [5.41, 5.74) is 0. The van der Waals surface area contributed by atoms with E-state index in [1.165, 1.54) is 19.3 Å². The van der Waals surface area contributed by atoms with Crippen LogP contribution in [0.4, 0.5) is 0 Å². The van der Waals surface area contributed by atoms with Gasteiger partial charge in [0.1, 0.15) is 12.2 Å². The first-order chi connectivity index (χ1) is 8.22. The molecule has 0 radical (unpaired) electrons. The van der Waals surface area contributed by atoms with E-state index in [1.807, 2.05) is 7.05 Å². The summed E-state index contributed by atoms with van der Waals surface area (Å²) in [5, 5.41) is 7.63. The molecule has 1 heterocycles. The highest BCUT2D eigenvalue weighted by Crippen LogP contribution is 2.33. The Morgan fingerprint density at radius 1 is 1.41 bits per heavy atom. The second kappa shape index (κ2) is 5.63. The molecular formula is C13H24N4. The van der Waals surface area contributed by atoms with Crippen LogP contribution in [0.25, 0.3) is 0 Å². The number of nitrogens with zero attached hydrogens (tertiary/aromatic N) is 3. The third kappa shape index (κ3) is 2.86. The van der Waals surface area contributed by atoms with Gasteiger partial charge in [0.15, 0.2) is 0 Å². The summed E-state index contributed by atoms with van der Waals surface area (Å²) in [7, 11) is 2.05. The van der Waals surface area contributed by atoms with Crippen LogP contribution in [0.15, 0.2) is 6.33 Å². The predicted octanol–water partition coefficient (Wildman–Crippen LogP) is 2.04. The first-order valence-electron chi connectivity index (χ1n) is 6.75. The van der Waals surface area contributed by atoms with Crippen molar-refractivity contribution in [1.29, 1.82) is 0 Å². The molecule has 1 aromatic heterocycles. The number of nitrogens with one attached hydrogen (secondary N) is 1. The van der Waals surface area contributed by atoms with Crippen molar-refractivity contribution < 1.29 is 0 Å². The third-order valence-electron chi connectivity index (χ3n) is 3.86. The van der Waals surface area contributed by atoms with Crippen molar-refractivity contribution >= 4 is 0 Å². The summed E-state index contributed by atoms with van der Waals surface area (Å²) >= 11 is 0. The molecule has 0 aromatic carbocycles. The molecule has 2 unspecified atom stereocenters. The highest BCUT2D eigenvalue weighted by molar-refractivity contribution is 4.93. The van der Waals surface area contributed by atoms with Crippen molar-refractivity contribution in [3.05, 3.63) is 12.2 Å². The SMILES string of the molecule is CNCC1CCCC1Cc1ncnn1C(C)C. The van der Waals surface area contributed by atoms with Gasteiger partial charge in [0.2, 0.25) is 0 Å². The van der Waals surface area contributed by atoms with Crippen molar-refractivity contribution in [3.8, 4) is 0 Å². The number of hydrogen-bond donors (Lipinski definition) is 1. The fourth-order valence-electron chi connectivity index (χ4n) is 3.00. The largest absolute Gasteiger partial charge is 0.319 e. The molecule has 0 bridgehead atoms. The highest BCUT2D eigenvalue weighted by Gasteiger charge is 2.28. The maximum atomic E-state index is 4.43. The molecule has 2 rings (SSSR count). The van der Waals surface area contributed by atoms with E-state index in [4.69, 9.17) is 0 Å². The predicted molar refractivity (Wildman–Crippen MR) is 68.9 cm³/mol. The van der Waals surface area contributed by atoms with Crippen molar-refractivity contribution in [2.75, 3.05) is 13.6 Å². The second-order valence-corrected chi connectivity index (χ2v) is 5.43.